The van der Waals surface area contributed by atoms with E-state index in [0.717, 1.165) is 12.2 Å². The molecule has 3 rings (SSSR count). The number of benzene rings is 2. The Hall–Kier alpha value is -2.25. The summed E-state index contributed by atoms with van der Waals surface area (Å²) in [5.41, 5.74) is 0. The van der Waals surface area contributed by atoms with Crippen LogP contribution in [0.4, 0.5) is 43.9 Å². The minimum Gasteiger partial charge on any atom is -0.255 e. The molecule has 0 saturated heterocycles. The Morgan fingerprint density at radius 1 is 0.655 bits per heavy atom. The van der Waals surface area contributed by atoms with Gasteiger partial charge in [0.2, 0.25) is 0 Å². The number of allylic oxidation sites excluding steroid dienone is 4. The lowest BCUT2D eigenvalue weighted by Crippen LogP contribution is -2.62. The molecule has 1 atom stereocenters. The molecule has 1 aliphatic rings. The van der Waals surface area contributed by atoms with Crippen LogP contribution in [-0.2, 0) is 0 Å². The molecule has 29 heavy (non-hydrogen) atoms. The molecule has 0 aliphatic heterocycles. The zero-order valence-corrected chi connectivity index (χ0v) is 15.1. The average Bonchev–Trinajstić information content (AvgIpc) is 2.63. The molecule has 0 heterocycles. The summed E-state index contributed by atoms with van der Waals surface area (Å²) < 4.78 is 134. The van der Waals surface area contributed by atoms with Crippen LogP contribution in [0, 0.1) is 46.5 Å². The van der Waals surface area contributed by atoms with E-state index in [2.05, 4.69) is 0 Å². The molecule has 0 radical (unpaired) electrons. The average molecular weight is 440 g/mol. The Morgan fingerprint density at radius 3 is 1.52 bits per heavy atom. The summed E-state index contributed by atoms with van der Waals surface area (Å²) in [5, 5.41) is 0. The molecule has 1 aliphatic carbocycles. The van der Waals surface area contributed by atoms with Crippen LogP contribution in [0.5, 0.6) is 0 Å². The predicted octanol–water partition coefficient (Wildman–Crippen LogP) is 4.47. The Balaban J connectivity index is 2.41. The lowest BCUT2D eigenvalue weighted by atomic mass is 10.1. The molecule has 11 heteroatoms. The van der Waals surface area contributed by atoms with E-state index in [1.807, 2.05) is 0 Å². The Bertz CT molecular complexity index is 998. The summed E-state index contributed by atoms with van der Waals surface area (Å²) in [6, 6.07) is -0.378. The maximum Gasteiger partial charge on any atom is 0.421 e. The van der Waals surface area contributed by atoms with Crippen LogP contribution >= 0.6 is 0 Å². The molecular formula is C18H7AlF10. The number of alkyl halides is 1. The lowest BCUT2D eigenvalue weighted by Gasteiger charge is -2.30. The molecule has 0 spiro atoms. The minimum atomic E-state index is -4.79. The van der Waals surface area contributed by atoms with Gasteiger partial charge in [-0.3, -0.25) is 4.39 Å². The summed E-state index contributed by atoms with van der Waals surface area (Å²) in [6.07, 6.45) is 0.743. The van der Waals surface area contributed by atoms with Crippen LogP contribution in [0.3, 0.4) is 0 Å². The minimum absolute atomic E-state index is 0.189. The van der Waals surface area contributed by atoms with Gasteiger partial charge in [0.15, 0.2) is 34.9 Å². The number of halogens is 10. The highest BCUT2D eigenvalue weighted by Crippen LogP contribution is 2.32. The second-order valence-electron chi connectivity index (χ2n) is 6.27. The summed E-state index contributed by atoms with van der Waals surface area (Å²) >= 11 is -4.79. The first kappa shape index (κ1) is 21.5. The molecule has 2 aromatic rings. The van der Waals surface area contributed by atoms with Crippen molar-refractivity contribution in [3.63, 3.8) is 0 Å². The van der Waals surface area contributed by atoms with Crippen molar-refractivity contribution in [1.29, 1.82) is 0 Å². The Labute approximate surface area is 161 Å². The molecule has 1 unspecified atom stereocenters. The van der Waals surface area contributed by atoms with E-state index >= 15 is 4.39 Å². The van der Waals surface area contributed by atoms with Gasteiger partial charge in [0.1, 0.15) is 17.5 Å². The van der Waals surface area contributed by atoms with Crippen molar-refractivity contribution >= 4 is 23.0 Å². The maximum atomic E-state index is 15.6. The van der Waals surface area contributed by atoms with Crippen LogP contribution in [0.25, 0.3) is 0 Å². The van der Waals surface area contributed by atoms with E-state index in [1.165, 1.54) is 0 Å². The van der Waals surface area contributed by atoms with Crippen molar-refractivity contribution < 1.29 is 43.9 Å². The summed E-state index contributed by atoms with van der Waals surface area (Å²) in [6.45, 7) is 0. The van der Waals surface area contributed by atoms with E-state index in [0.29, 0.717) is 6.08 Å². The summed E-state index contributed by atoms with van der Waals surface area (Å²) in [7, 11) is 0. The molecule has 0 amide bonds. The first-order chi connectivity index (χ1) is 13.5. The van der Waals surface area contributed by atoms with Crippen molar-refractivity contribution in [2.75, 3.05) is 0 Å². The van der Waals surface area contributed by atoms with E-state index in [9.17, 15) is 39.5 Å². The molecule has 0 bridgehead atoms. The van der Waals surface area contributed by atoms with Crippen molar-refractivity contribution in [3.8, 4) is 0 Å². The smallest absolute Gasteiger partial charge is 0.255 e. The van der Waals surface area contributed by atoms with Gasteiger partial charge in [-0.1, -0.05) is 12.2 Å². The highest BCUT2D eigenvalue weighted by Gasteiger charge is 2.53. The van der Waals surface area contributed by atoms with Gasteiger partial charge in [0.25, 0.3) is 0 Å². The summed E-state index contributed by atoms with van der Waals surface area (Å²) in [5.74, 6) is -18.2. The first-order valence-electron chi connectivity index (χ1n) is 7.86. The van der Waals surface area contributed by atoms with Crippen LogP contribution in [-0.4, -0.2) is 18.7 Å². The van der Waals surface area contributed by atoms with Gasteiger partial charge in [-0.2, -0.15) is 0 Å². The number of rotatable bonds is 3. The summed E-state index contributed by atoms with van der Waals surface area (Å²) in [4.78, 5) is 0. The molecule has 0 fully saturated rings. The predicted molar refractivity (Wildman–Crippen MR) is 84.4 cm³/mol. The van der Waals surface area contributed by atoms with Crippen molar-refractivity contribution in [2.45, 2.75) is 11.0 Å². The van der Waals surface area contributed by atoms with Crippen molar-refractivity contribution in [2.24, 2.45) is 0 Å². The van der Waals surface area contributed by atoms with Crippen LogP contribution in [0.15, 0.2) is 36.2 Å². The monoisotopic (exact) mass is 440 g/mol. The van der Waals surface area contributed by atoms with Crippen molar-refractivity contribution in [1.82, 2.24) is 0 Å². The highest BCUT2D eigenvalue weighted by atomic mass is 27.2. The zero-order chi connectivity index (χ0) is 21.7. The topological polar surface area (TPSA) is 0 Å². The molecule has 0 nitrogen and oxygen atoms in total. The zero-order valence-electron chi connectivity index (χ0n) is 14.0. The molecule has 0 aromatic heterocycles. The first-order valence-corrected chi connectivity index (χ1v) is 9.59. The van der Waals surface area contributed by atoms with E-state index in [4.69, 9.17) is 0 Å². The maximum absolute atomic E-state index is 15.6. The fourth-order valence-corrected chi connectivity index (χ4v) is 6.63. The number of hydrogen-bond acceptors (Lipinski definition) is 0. The van der Waals surface area contributed by atoms with Crippen LogP contribution < -0.4 is 8.85 Å². The third-order valence-corrected chi connectivity index (χ3v) is 8.02. The SMILES string of the molecule is FC1=CC=C[C](F)([Al]([c]2c(F)cc(F)c(F)c2F)[c]2c(F)cc(F)c(F)c2F)C1. The highest BCUT2D eigenvalue weighted by molar-refractivity contribution is 6.88. The molecular weight excluding hydrogens is 433 g/mol. The van der Waals surface area contributed by atoms with Gasteiger partial charge in [-0.25, -0.2) is 39.5 Å². The van der Waals surface area contributed by atoms with Gasteiger partial charge < -0.3 is 0 Å². The van der Waals surface area contributed by atoms with Crippen LogP contribution in [0.2, 0.25) is 0 Å². The Morgan fingerprint density at radius 2 is 1.10 bits per heavy atom. The largest absolute Gasteiger partial charge is 0.421 e. The molecule has 0 saturated carbocycles. The van der Waals surface area contributed by atoms with Crippen molar-refractivity contribution in [3.05, 3.63) is 82.7 Å². The lowest BCUT2D eigenvalue weighted by molar-refractivity contribution is 0.311. The quantitative estimate of drug-likeness (QED) is 0.286. The van der Waals surface area contributed by atoms with Gasteiger partial charge in [-0.15, -0.1) is 0 Å². The van der Waals surface area contributed by atoms with Gasteiger partial charge in [-0.05, 0) is 14.9 Å². The normalized spacial score (nSPS) is 18.8. The molecule has 2 aromatic carbocycles. The van der Waals surface area contributed by atoms with E-state index in [-0.39, 0.29) is 12.1 Å². The third-order valence-electron chi connectivity index (χ3n) is 4.45. The molecule has 0 N–H and O–H groups in total. The van der Waals surface area contributed by atoms with Crippen LogP contribution in [0.1, 0.15) is 6.42 Å². The number of hydrogen-bond donors (Lipinski definition) is 0. The van der Waals surface area contributed by atoms with E-state index < -0.39 is 86.3 Å². The van der Waals surface area contributed by atoms with E-state index in [1.54, 1.807) is 0 Å². The molecule has 152 valence electrons. The van der Waals surface area contributed by atoms with Gasteiger partial charge in [0, 0.05) is 18.6 Å². The second-order valence-corrected chi connectivity index (χ2v) is 9.25. The third kappa shape index (κ3) is 3.57. The standard InChI is InChI=1S/2C6HF4.C6H5F2.Al/c2*7-3-1-4(8)6(10)5(9)2-3;7-5-2-1-3-6(8)4-5;/h2*1H;1-3H,4H2;. The van der Waals surface area contributed by atoms with Gasteiger partial charge >= 0.3 is 14.1 Å². The Kier molecular flexibility index (Phi) is 5.58. The fraction of sp³-hybridized carbons (Fsp3) is 0.111. The van der Waals surface area contributed by atoms with Gasteiger partial charge in [0.05, 0.1) is 4.53 Å². The fourth-order valence-electron chi connectivity index (χ4n) is 3.20. The second kappa shape index (κ2) is 7.54.